The van der Waals surface area contributed by atoms with Crippen LogP contribution >= 0.6 is 0 Å². The number of aliphatic hydroxyl groups excluding tert-OH is 3. The molecule has 1 aromatic rings. The van der Waals surface area contributed by atoms with Gasteiger partial charge in [-0.3, -0.25) is 14.4 Å². The molecule has 2 aliphatic rings. The van der Waals surface area contributed by atoms with E-state index < -0.39 is 82.8 Å². The van der Waals surface area contributed by atoms with Gasteiger partial charge in [0.15, 0.2) is 11.6 Å². The Kier molecular flexibility index (Phi) is 17.4. The van der Waals surface area contributed by atoms with Crippen LogP contribution in [0.15, 0.2) is 101 Å². The fourth-order valence-corrected chi connectivity index (χ4v) is 7.17. The largest absolute Gasteiger partial charge is 0.507 e. The Morgan fingerprint density at radius 1 is 1.05 bits per heavy atom. The topological polar surface area (TPSA) is 197 Å². The lowest BCUT2D eigenvalue weighted by Gasteiger charge is -2.50. The number of pyridine rings is 1. The van der Waals surface area contributed by atoms with Crippen molar-refractivity contribution in [2.24, 2.45) is 24.3 Å². The summed E-state index contributed by atoms with van der Waals surface area (Å²) in [5, 5.41) is 57.0. The molecule has 13 heteroatoms. The van der Waals surface area contributed by atoms with Gasteiger partial charge in [-0.05, 0) is 44.4 Å². The number of aryl methyl sites for hydroxylation is 1. The van der Waals surface area contributed by atoms with Gasteiger partial charge in [0.1, 0.15) is 29.6 Å². The van der Waals surface area contributed by atoms with E-state index >= 15 is 0 Å². The number of rotatable bonds is 17. The Labute approximate surface area is 336 Å². The molecule has 2 saturated heterocycles. The lowest BCUT2D eigenvalue weighted by atomic mass is 9.72. The van der Waals surface area contributed by atoms with Crippen molar-refractivity contribution < 1.29 is 49.3 Å². The Hall–Kier alpha value is -4.21. The first-order valence-corrected chi connectivity index (χ1v) is 19.3. The number of aromatic nitrogens is 1. The van der Waals surface area contributed by atoms with Crippen molar-refractivity contribution in [1.29, 1.82) is 0 Å². The highest BCUT2D eigenvalue weighted by Crippen LogP contribution is 2.44. The molecule has 0 unspecified atom stereocenters. The van der Waals surface area contributed by atoms with Crippen LogP contribution in [0.25, 0.3) is 0 Å². The summed E-state index contributed by atoms with van der Waals surface area (Å²) in [7, 11) is 3.03. The van der Waals surface area contributed by atoms with E-state index in [2.05, 4.69) is 5.32 Å². The van der Waals surface area contributed by atoms with Gasteiger partial charge in [-0.15, -0.1) is 0 Å². The molecule has 1 amide bonds. The van der Waals surface area contributed by atoms with Crippen LogP contribution in [-0.4, -0.2) is 104 Å². The van der Waals surface area contributed by atoms with Gasteiger partial charge in [0.05, 0.1) is 30.3 Å². The maximum atomic E-state index is 13.3. The quantitative estimate of drug-likeness (QED) is 0.0755. The SMILES string of the molecule is CC=CC=C[C@@H]1O[C@](O)([C@H](CC)C(=O)NCC=CC=C(C)[C@@H](OC)[C@@H](C)[C@@H]2O[C@H](C=CC=CC=C(C)C(=O)c3c(O)ccn(C)c3=O)[C@H](O)[C@@H]2O)C[C@H](O)C1(C)C. The maximum absolute atomic E-state index is 13.3. The number of aliphatic hydroxyl groups is 4. The first-order valence-electron chi connectivity index (χ1n) is 19.3. The minimum absolute atomic E-state index is 0.104. The number of allylic oxidation sites excluding steroid dienone is 10. The van der Waals surface area contributed by atoms with E-state index in [9.17, 15) is 39.9 Å². The summed E-state index contributed by atoms with van der Waals surface area (Å²) in [5.41, 5.74) is -0.547. The van der Waals surface area contributed by atoms with Gasteiger partial charge < -0.3 is 49.6 Å². The number of aromatic hydroxyl groups is 1. The van der Waals surface area contributed by atoms with Crippen molar-refractivity contribution in [3.8, 4) is 5.75 Å². The lowest BCUT2D eigenvalue weighted by molar-refractivity contribution is -0.314. The zero-order valence-corrected chi connectivity index (χ0v) is 34.5. The van der Waals surface area contributed by atoms with Crippen LogP contribution in [0.2, 0.25) is 0 Å². The Bertz CT molecular complexity index is 1820. The third kappa shape index (κ3) is 11.5. The summed E-state index contributed by atoms with van der Waals surface area (Å²) >= 11 is 0. The molecular formula is C44H62N2O11. The second kappa shape index (κ2) is 21.0. The van der Waals surface area contributed by atoms with Gasteiger partial charge >= 0.3 is 0 Å². The van der Waals surface area contributed by atoms with E-state index in [1.165, 1.54) is 36.9 Å². The first kappa shape index (κ1) is 47.2. The van der Waals surface area contributed by atoms with Crippen molar-refractivity contribution in [2.75, 3.05) is 13.7 Å². The molecule has 2 aliphatic heterocycles. The van der Waals surface area contributed by atoms with Gasteiger partial charge in [-0.1, -0.05) is 101 Å². The summed E-state index contributed by atoms with van der Waals surface area (Å²) in [6.07, 6.45) is 16.0. The van der Waals surface area contributed by atoms with E-state index in [1.807, 2.05) is 52.8 Å². The van der Waals surface area contributed by atoms with Crippen LogP contribution in [0.3, 0.4) is 0 Å². The van der Waals surface area contributed by atoms with Crippen LogP contribution in [-0.2, 0) is 26.1 Å². The highest BCUT2D eigenvalue weighted by Gasteiger charge is 2.54. The molecular weight excluding hydrogens is 732 g/mol. The Morgan fingerprint density at radius 3 is 2.39 bits per heavy atom. The standard InChI is InChI=1S/C44H62N2O11/c1-10-12-14-22-34-43(6,7)33(48)26-44(54,57-34)30(11-2)41(52)45-24-18-17-20-28(4)39(55-9)29(5)40-38(51)37(50)32(56-40)21-16-13-15-19-27(3)36(49)35-31(47)23-25-46(8)42(35)53/h10,12-23,25,29-30,32-34,37-40,47-48,50-51,54H,11,24,26H2,1-9H3,(H,45,52)/t29-,30-,32-,33+,34+,37+,38+,39-,40+,44+/m1/s1. The van der Waals surface area contributed by atoms with Crippen LogP contribution in [0.5, 0.6) is 5.75 Å². The fourth-order valence-electron chi connectivity index (χ4n) is 7.17. The molecule has 0 aromatic carbocycles. The average molecular weight is 795 g/mol. The predicted octanol–water partition coefficient (Wildman–Crippen LogP) is 4.11. The summed E-state index contributed by atoms with van der Waals surface area (Å²) in [5.74, 6) is -4.55. The Morgan fingerprint density at radius 2 is 1.74 bits per heavy atom. The molecule has 0 spiro atoms. The van der Waals surface area contributed by atoms with E-state index in [0.717, 1.165) is 5.57 Å². The molecule has 0 bridgehead atoms. The Balaban J connectivity index is 1.59. The zero-order chi connectivity index (χ0) is 42.7. The van der Waals surface area contributed by atoms with Gasteiger partial charge in [-0.25, -0.2) is 0 Å². The van der Waals surface area contributed by atoms with Gasteiger partial charge in [0.25, 0.3) is 5.56 Å². The number of nitrogens with one attached hydrogen (secondary N) is 1. The summed E-state index contributed by atoms with van der Waals surface area (Å²) in [6, 6.07) is 1.28. The first-order chi connectivity index (χ1) is 26.9. The molecule has 13 nitrogen and oxygen atoms in total. The van der Waals surface area contributed by atoms with Gasteiger partial charge in [0, 0.05) is 44.7 Å². The molecule has 0 radical (unpaired) electrons. The molecule has 6 N–H and O–H groups in total. The van der Waals surface area contributed by atoms with Crippen molar-refractivity contribution in [1.82, 2.24) is 9.88 Å². The van der Waals surface area contributed by atoms with Crippen molar-refractivity contribution in [3.63, 3.8) is 0 Å². The van der Waals surface area contributed by atoms with Crippen molar-refractivity contribution in [3.05, 3.63) is 112 Å². The number of ketones is 1. The highest BCUT2D eigenvalue weighted by atomic mass is 16.6. The number of nitrogens with zero attached hydrogens (tertiary/aromatic N) is 1. The third-order valence-electron chi connectivity index (χ3n) is 10.9. The average Bonchev–Trinajstić information content (AvgIpc) is 3.44. The van der Waals surface area contributed by atoms with Crippen LogP contribution in [0.4, 0.5) is 0 Å². The monoisotopic (exact) mass is 794 g/mol. The molecule has 3 heterocycles. The minimum Gasteiger partial charge on any atom is -0.507 e. The minimum atomic E-state index is -1.86. The highest BCUT2D eigenvalue weighted by molar-refractivity contribution is 6.09. The number of methoxy groups -OCH3 is 1. The van der Waals surface area contributed by atoms with Gasteiger partial charge in [-0.2, -0.15) is 0 Å². The zero-order valence-electron chi connectivity index (χ0n) is 34.5. The van der Waals surface area contributed by atoms with E-state index in [0.29, 0.717) is 6.42 Å². The number of carbonyl (C=O) groups is 2. The number of carbonyl (C=O) groups excluding carboxylic acids is 2. The second-order valence-electron chi connectivity index (χ2n) is 15.4. The molecule has 0 aliphatic carbocycles. The molecule has 1 aromatic heterocycles. The fraction of sp³-hybridized carbons (Fsp3) is 0.523. The summed E-state index contributed by atoms with van der Waals surface area (Å²) in [6.45, 7) is 12.8. The van der Waals surface area contributed by atoms with E-state index in [4.69, 9.17) is 14.2 Å². The molecule has 2 fully saturated rings. The second-order valence-corrected chi connectivity index (χ2v) is 15.4. The predicted molar refractivity (Wildman–Crippen MR) is 218 cm³/mol. The van der Waals surface area contributed by atoms with Crippen LogP contribution in [0, 0.1) is 17.3 Å². The number of hydrogen-bond acceptors (Lipinski definition) is 11. The lowest BCUT2D eigenvalue weighted by Crippen LogP contribution is -2.60. The van der Waals surface area contributed by atoms with Crippen LogP contribution < -0.4 is 10.9 Å². The summed E-state index contributed by atoms with van der Waals surface area (Å²) < 4.78 is 19.2. The number of amides is 1. The third-order valence-corrected chi connectivity index (χ3v) is 10.9. The van der Waals surface area contributed by atoms with E-state index in [-0.39, 0.29) is 30.0 Å². The van der Waals surface area contributed by atoms with Crippen molar-refractivity contribution >= 4 is 11.7 Å². The molecule has 314 valence electrons. The number of ether oxygens (including phenoxy) is 3. The molecule has 10 atom stereocenters. The van der Waals surface area contributed by atoms with E-state index in [1.54, 1.807) is 62.6 Å². The smallest absolute Gasteiger partial charge is 0.265 e. The molecule has 3 rings (SSSR count). The maximum Gasteiger partial charge on any atom is 0.265 e. The van der Waals surface area contributed by atoms with Gasteiger partial charge in [0.2, 0.25) is 5.91 Å². The molecule has 0 saturated carbocycles. The number of Topliss-reactive ketones (excluding diaryl/α,β-unsaturated/α-hetero) is 1. The van der Waals surface area contributed by atoms with Crippen molar-refractivity contribution in [2.45, 2.75) is 110 Å². The summed E-state index contributed by atoms with van der Waals surface area (Å²) in [4.78, 5) is 38.4. The molecule has 57 heavy (non-hydrogen) atoms. The normalized spacial score (nSPS) is 28.9. The van der Waals surface area contributed by atoms with Crippen LogP contribution in [0.1, 0.15) is 71.7 Å². The number of hydrogen-bond donors (Lipinski definition) is 6.